The molecule has 2 rings (SSSR count). The van der Waals surface area contributed by atoms with Gasteiger partial charge in [-0.25, -0.2) is 0 Å². The monoisotopic (exact) mass is 210 g/mol. The highest BCUT2D eigenvalue weighted by molar-refractivity contribution is 6.31. The average Bonchev–Trinajstić information content (AvgIpc) is 2.17. The Morgan fingerprint density at radius 3 is 3.07 bits per heavy atom. The molecule has 1 aromatic carbocycles. The third-order valence-electron chi connectivity index (χ3n) is 2.47. The van der Waals surface area contributed by atoms with Crippen LogP contribution in [0.5, 0.6) is 0 Å². The molecule has 0 bridgehead atoms. The Morgan fingerprint density at radius 2 is 2.36 bits per heavy atom. The van der Waals surface area contributed by atoms with Gasteiger partial charge >= 0.3 is 0 Å². The molecule has 1 amide bonds. The highest BCUT2D eigenvalue weighted by Gasteiger charge is 2.24. The van der Waals surface area contributed by atoms with Crippen molar-refractivity contribution in [2.24, 2.45) is 5.73 Å². The number of amides is 1. The van der Waals surface area contributed by atoms with E-state index in [1.54, 1.807) is 0 Å². The molecule has 0 radical (unpaired) electrons. The van der Waals surface area contributed by atoms with Crippen molar-refractivity contribution in [2.45, 2.75) is 12.5 Å². The van der Waals surface area contributed by atoms with E-state index in [1.165, 1.54) is 0 Å². The number of halogens is 1. The molecule has 74 valence electrons. The van der Waals surface area contributed by atoms with Gasteiger partial charge in [-0.1, -0.05) is 23.7 Å². The molecule has 1 aromatic rings. The van der Waals surface area contributed by atoms with Gasteiger partial charge < -0.3 is 11.1 Å². The van der Waals surface area contributed by atoms with E-state index in [4.69, 9.17) is 17.3 Å². The first kappa shape index (κ1) is 9.49. The Labute approximate surface area is 87.2 Å². The predicted octanol–water partition coefficient (Wildman–Crippen LogP) is 1.01. The molecular weight excluding hydrogens is 200 g/mol. The smallest absolute Gasteiger partial charge is 0.239 e. The maximum absolute atomic E-state index is 11.1. The number of rotatable bonds is 1. The second-order valence-electron chi connectivity index (χ2n) is 3.35. The van der Waals surface area contributed by atoms with E-state index < -0.39 is 6.04 Å². The SMILES string of the molecule is NC(=O)C1NCCc2c(Cl)cccc21. The number of nitrogens with two attached hydrogens (primary N) is 1. The summed E-state index contributed by atoms with van der Waals surface area (Å²) in [5.74, 6) is -0.354. The molecular formula is C10H11ClN2O. The Bertz CT molecular complexity index is 378. The zero-order valence-corrected chi connectivity index (χ0v) is 8.34. The molecule has 1 atom stereocenters. The predicted molar refractivity (Wildman–Crippen MR) is 55.1 cm³/mol. The number of carbonyl (C=O) groups is 1. The third kappa shape index (κ3) is 1.49. The fraction of sp³-hybridized carbons (Fsp3) is 0.300. The molecule has 3 nitrogen and oxygen atoms in total. The number of benzene rings is 1. The lowest BCUT2D eigenvalue weighted by Gasteiger charge is -2.25. The fourth-order valence-electron chi connectivity index (χ4n) is 1.81. The van der Waals surface area contributed by atoms with Crippen molar-refractivity contribution in [1.82, 2.24) is 5.32 Å². The van der Waals surface area contributed by atoms with Crippen molar-refractivity contribution in [1.29, 1.82) is 0 Å². The van der Waals surface area contributed by atoms with Crippen LogP contribution in [0.1, 0.15) is 17.2 Å². The van der Waals surface area contributed by atoms with Crippen LogP contribution in [0.15, 0.2) is 18.2 Å². The van der Waals surface area contributed by atoms with E-state index in [0.29, 0.717) is 0 Å². The van der Waals surface area contributed by atoms with Gasteiger partial charge in [-0.15, -0.1) is 0 Å². The third-order valence-corrected chi connectivity index (χ3v) is 2.83. The summed E-state index contributed by atoms with van der Waals surface area (Å²) in [5.41, 5.74) is 7.24. The van der Waals surface area contributed by atoms with Crippen LogP contribution in [0.2, 0.25) is 5.02 Å². The lowest BCUT2D eigenvalue weighted by Crippen LogP contribution is -2.38. The van der Waals surface area contributed by atoms with Crippen molar-refractivity contribution in [3.63, 3.8) is 0 Å². The van der Waals surface area contributed by atoms with Gasteiger partial charge in [0.05, 0.1) is 0 Å². The summed E-state index contributed by atoms with van der Waals surface area (Å²) in [6, 6.07) is 5.17. The van der Waals surface area contributed by atoms with Crippen molar-refractivity contribution in [2.75, 3.05) is 6.54 Å². The van der Waals surface area contributed by atoms with Crippen LogP contribution in [-0.2, 0) is 11.2 Å². The highest BCUT2D eigenvalue weighted by Crippen LogP contribution is 2.28. The van der Waals surface area contributed by atoms with Crippen LogP contribution < -0.4 is 11.1 Å². The molecule has 0 aliphatic carbocycles. The average molecular weight is 211 g/mol. The van der Waals surface area contributed by atoms with Gasteiger partial charge in [0.15, 0.2) is 0 Å². The quantitative estimate of drug-likeness (QED) is 0.727. The summed E-state index contributed by atoms with van der Waals surface area (Å²) in [5, 5.41) is 3.79. The minimum atomic E-state index is -0.391. The first-order valence-corrected chi connectivity index (χ1v) is 4.88. The summed E-state index contributed by atoms with van der Waals surface area (Å²) in [4.78, 5) is 11.1. The second-order valence-corrected chi connectivity index (χ2v) is 3.75. The van der Waals surface area contributed by atoms with E-state index in [0.717, 1.165) is 29.1 Å². The van der Waals surface area contributed by atoms with Gasteiger partial charge in [0.2, 0.25) is 5.91 Å². The molecule has 1 aliphatic heterocycles. The Kier molecular flexibility index (Phi) is 2.44. The van der Waals surface area contributed by atoms with E-state index in [9.17, 15) is 4.79 Å². The van der Waals surface area contributed by atoms with Crippen molar-refractivity contribution in [3.05, 3.63) is 34.3 Å². The zero-order chi connectivity index (χ0) is 10.1. The van der Waals surface area contributed by atoms with E-state index in [1.807, 2.05) is 18.2 Å². The summed E-state index contributed by atoms with van der Waals surface area (Å²) < 4.78 is 0. The molecule has 3 N–H and O–H groups in total. The number of carbonyl (C=O) groups excluding carboxylic acids is 1. The van der Waals surface area contributed by atoms with Gasteiger partial charge in [0.25, 0.3) is 0 Å². The van der Waals surface area contributed by atoms with Crippen LogP contribution in [0.25, 0.3) is 0 Å². The molecule has 0 aromatic heterocycles. The Hall–Kier alpha value is -1.06. The number of hydrogen-bond acceptors (Lipinski definition) is 2. The summed E-state index contributed by atoms with van der Waals surface area (Å²) in [7, 11) is 0. The van der Waals surface area contributed by atoms with Gasteiger partial charge in [-0.2, -0.15) is 0 Å². The van der Waals surface area contributed by atoms with Crippen LogP contribution in [0, 0.1) is 0 Å². The van der Waals surface area contributed by atoms with Crippen LogP contribution in [-0.4, -0.2) is 12.5 Å². The van der Waals surface area contributed by atoms with Gasteiger partial charge in [-0.3, -0.25) is 4.79 Å². The van der Waals surface area contributed by atoms with Crippen molar-refractivity contribution in [3.8, 4) is 0 Å². The maximum atomic E-state index is 11.1. The molecule has 0 fully saturated rings. The molecule has 1 unspecified atom stereocenters. The van der Waals surface area contributed by atoms with Crippen LogP contribution in [0.3, 0.4) is 0 Å². The number of fused-ring (bicyclic) bond motifs is 1. The lowest BCUT2D eigenvalue weighted by atomic mass is 9.94. The van der Waals surface area contributed by atoms with Gasteiger partial charge in [-0.05, 0) is 23.6 Å². The zero-order valence-electron chi connectivity index (χ0n) is 7.59. The molecule has 0 spiro atoms. The Balaban J connectivity index is 2.49. The molecule has 0 saturated carbocycles. The minimum absolute atomic E-state index is 0.354. The van der Waals surface area contributed by atoms with Crippen molar-refractivity contribution < 1.29 is 4.79 Å². The lowest BCUT2D eigenvalue weighted by molar-refractivity contribution is -0.120. The van der Waals surface area contributed by atoms with E-state index in [2.05, 4.69) is 5.32 Å². The van der Waals surface area contributed by atoms with Gasteiger partial charge in [0, 0.05) is 11.6 Å². The summed E-state index contributed by atoms with van der Waals surface area (Å²) >= 11 is 6.03. The number of nitrogens with one attached hydrogen (secondary N) is 1. The summed E-state index contributed by atoms with van der Waals surface area (Å²) in [6.45, 7) is 0.740. The fourth-order valence-corrected chi connectivity index (χ4v) is 2.09. The normalized spacial score (nSPS) is 20.2. The van der Waals surface area contributed by atoms with Crippen LogP contribution in [0.4, 0.5) is 0 Å². The first-order valence-electron chi connectivity index (χ1n) is 4.50. The number of primary amides is 1. The maximum Gasteiger partial charge on any atom is 0.239 e. The highest BCUT2D eigenvalue weighted by atomic mass is 35.5. The largest absolute Gasteiger partial charge is 0.368 e. The van der Waals surface area contributed by atoms with E-state index in [-0.39, 0.29) is 5.91 Å². The minimum Gasteiger partial charge on any atom is -0.368 e. The molecule has 4 heteroatoms. The first-order chi connectivity index (χ1) is 6.70. The summed E-state index contributed by atoms with van der Waals surface area (Å²) in [6.07, 6.45) is 0.846. The molecule has 14 heavy (non-hydrogen) atoms. The Morgan fingerprint density at radius 1 is 1.57 bits per heavy atom. The second kappa shape index (κ2) is 3.59. The standard InChI is InChI=1S/C10H11ClN2O/c11-8-3-1-2-7-6(8)4-5-13-9(7)10(12)14/h1-3,9,13H,4-5H2,(H2,12,14). The van der Waals surface area contributed by atoms with E-state index >= 15 is 0 Å². The van der Waals surface area contributed by atoms with Crippen molar-refractivity contribution >= 4 is 17.5 Å². The molecule has 1 heterocycles. The molecule has 0 saturated heterocycles. The van der Waals surface area contributed by atoms with Crippen LogP contribution >= 0.6 is 11.6 Å². The molecule has 1 aliphatic rings. The van der Waals surface area contributed by atoms with Gasteiger partial charge in [0.1, 0.15) is 6.04 Å². The number of hydrogen-bond donors (Lipinski definition) is 2. The topological polar surface area (TPSA) is 55.1 Å².